The number of rotatable bonds is 6. The SMILES string of the molecule is CCS(=O)(=O)c1ccc(O)c(NC(=O)CCc2nc3sc(C)c(C)c3c(=O)[nH]2)c1. The number of thiophene rings is 1. The highest BCUT2D eigenvalue weighted by Gasteiger charge is 2.16. The molecule has 2 aromatic heterocycles. The van der Waals surface area contributed by atoms with E-state index in [-0.39, 0.29) is 40.5 Å². The lowest BCUT2D eigenvalue weighted by atomic mass is 10.2. The molecule has 3 rings (SSSR count). The molecule has 0 aliphatic heterocycles. The lowest BCUT2D eigenvalue weighted by molar-refractivity contribution is -0.116. The minimum absolute atomic E-state index is 0.00197. The summed E-state index contributed by atoms with van der Waals surface area (Å²) >= 11 is 1.43. The van der Waals surface area contributed by atoms with Crippen LogP contribution in [0.3, 0.4) is 0 Å². The molecule has 0 saturated heterocycles. The number of aromatic amines is 1. The zero-order chi connectivity index (χ0) is 21.3. The molecule has 0 spiro atoms. The fourth-order valence-electron chi connectivity index (χ4n) is 2.84. The van der Waals surface area contributed by atoms with E-state index in [0.29, 0.717) is 16.0 Å². The van der Waals surface area contributed by atoms with Gasteiger partial charge in [0.25, 0.3) is 5.56 Å². The van der Waals surface area contributed by atoms with Gasteiger partial charge >= 0.3 is 0 Å². The van der Waals surface area contributed by atoms with E-state index in [2.05, 4.69) is 15.3 Å². The van der Waals surface area contributed by atoms with Crippen LogP contribution < -0.4 is 10.9 Å². The summed E-state index contributed by atoms with van der Waals surface area (Å²) < 4.78 is 24.0. The molecule has 3 N–H and O–H groups in total. The highest BCUT2D eigenvalue weighted by atomic mass is 32.2. The Bertz CT molecular complexity index is 1260. The smallest absolute Gasteiger partial charge is 0.259 e. The highest BCUT2D eigenvalue weighted by Crippen LogP contribution is 2.28. The third kappa shape index (κ3) is 4.33. The Hall–Kier alpha value is -2.72. The Labute approximate surface area is 171 Å². The monoisotopic (exact) mass is 435 g/mol. The van der Waals surface area contributed by atoms with Gasteiger partial charge in [0, 0.05) is 17.7 Å². The number of phenols is 1. The van der Waals surface area contributed by atoms with Gasteiger partial charge in [-0.2, -0.15) is 0 Å². The van der Waals surface area contributed by atoms with Crippen LogP contribution >= 0.6 is 11.3 Å². The molecule has 0 unspecified atom stereocenters. The number of fused-ring (bicyclic) bond motifs is 1. The number of sulfone groups is 1. The van der Waals surface area contributed by atoms with Crippen LogP contribution in [0.1, 0.15) is 29.6 Å². The third-order valence-electron chi connectivity index (χ3n) is 4.66. The molecule has 29 heavy (non-hydrogen) atoms. The van der Waals surface area contributed by atoms with Gasteiger partial charge in [-0.15, -0.1) is 11.3 Å². The predicted octanol–water partition coefficient (Wildman–Crippen LogP) is 2.67. The van der Waals surface area contributed by atoms with E-state index in [1.165, 1.54) is 36.5 Å². The lowest BCUT2D eigenvalue weighted by Gasteiger charge is -2.09. The number of aryl methyl sites for hydroxylation is 3. The zero-order valence-electron chi connectivity index (χ0n) is 16.2. The molecule has 0 fully saturated rings. The van der Waals surface area contributed by atoms with Crippen LogP contribution in [0.5, 0.6) is 5.75 Å². The van der Waals surface area contributed by atoms with Gasteiger partial charge < -0.3 is 15.4 Å². The molecule has 0 atom stereocenters. The molecular weight excluding hydrogens is 414 g/mol. The maximum absolute atomic E-state index is 12.3. The first-order chi connectivity index (χ1) is 13.6. The molecule has 3 aromatic rings. The van der Waals surface area contributed by atoms with Crippen molar-refractivity contribution in [3.05, 3.63) is 44.8 Å². The Kier molecular flexibility index (Phi) is 5.76. The summed E-state index contributed by atoms with van der Waals surface area (Å²) in [5.41, 5.74) is 0.689. The van der Waals surface area contributed by atoms with Crippen molar-refractivity contribution >= 4 is 43.0 Å². The van der Waals surface area contributed by atoms with E-state index in [0.717, 1.165) is 10.4 Å². The second-order valence-electron chi connectivity index (χ2n) is 6.61. The number of H-pyrrole nitrogens is 1. The maximum Gasteiger partial charge on any atom is 0.259 e. The number of anilines is 1. The Balaban J connectivity index is 1.75. The normalized spacial score (nSPS) is 11.7. The summed E-state index contributed by atoms with van der Waals surface area (Å²) in [6.07, 6.45) is 0.197. The summed E-state index contributed by atoms with van der Waals surface area (Å²) in [5.74, 6) is -0.363. The van der Waals surface area contributed by atoms with Gasteiger partial charge in [0.2, 0.25) is 5.91 Å². The summed E-state index contributed by atoms with van der Waals surface area (Å²) in [6.45, 7) is 5.31. The van der Waals surface area contributed by atoms with Crippen LogP contribution in [0.15, 0.2) is 27.9 Å². The number of hydrogen-bond donors (Lipinski definition) is 3. The standard InChI is InChI=1S/C19H21N3O5S2/c1-4-29(26,27)12-5-6-14(23)13(9-12)20-16(24)8-7-15-21-18(25)17-10(2)11(3)28-19(17)22-15/h5-6,9,23H,4,7-8H2,1-3H3,(H,20,24)(H,21,22,25). The molecule has 154 valence electrons. The van der Waals surface area contributed by atoms with Crippen LogP contribution in [0.2, 0.25) is 0 Å². The fourth-order valence-corrected chi connectivity index (χ4v) is 4.79. The van der Waals surface area contributed by atoms with Crippen LogP contribution in [0.25, 0.3) is 10.2 Å². The highest BCUT2D eigenvalue weighted by molar-refractivity contribution is 7.91. The second-order valence-corrected chi connectivity index (χ2v) is 10.1. The minimum atomic E-state index is -3.47. The molecule has 0 radical (unpaired) electrons. The van der Waals surface area contributed by atoms with Gasteiger partial charge in [0.15, 0.2) is 9.84 Å². The van der Waals surface area contributed by atoms with Gasteiger partial charge in [0.1, 0.15) is 16.4 Å². The number of hydrogen-bond acceptors (Lipinski definition) is 7. The molecule has 1 amide bonds. The van der Waals surface area contributed by atoms with Gasteiger partial charge in [-0.05, 0) is 37.6 Å². The maximum atomic E-state index is 12.3. The first-order valence-electron chi connectivity index (χ1n) is 8.97. The van der Waals surface area contributed by atoms with Gasteiger partial charge in [-0.1, -0.05) is 6.92 Å². The number of carbonyl (C=O) groups is 1. The van der Waals surface area contributed by atoms with Crippen molar-refractivity contribution in [2.24, 2.45) is 0 Å². The quantitative estimate of drug-likeness (QED) is 0.511. The van der Waals surface area contributed by atoms with Crippen LogP contribution in [-0.2, 0) is 21.1 Å². The average molecular weight is 436 g/mol. The topological polar surface area (TPSA) is 129 Å². The molecule has 0 aliphatic rings. The molecule has 0 aliphatic carbocycles. The molecule has 2 heterocycles. The molecule has 8 nitrogen and oxygen atoms in total. The number of aromatic nitrogens is 2. The van der Waals surface area contributed by atoms with Crippen LogP contribution in [0.4, 0.5) is 5.69 Å². The van der Waals surface area contributed by atoms with Crippen molar-refractivity contribution in [2.45, 2.75) is 38.5 Å². The fraction of sp³-hybridized carbons (Fsp3) is 0.316. The van der Waals surface area contributed by atoms with Gasteiger partial charge in [-0.25, -0.2) is 13.4 Å². The molecule has 0 saturated carbocycles. The Morgan fingerprint density at radius 2 is 2.03 bits per heavy atom. The van der Waals surface area contributed by atoms with Crippen molar-refractivity contribution in [2.75, 3.05) is 11.1 Å². The number of carbonyl (C=O) groups excluding carboxylic acids is 1. The average Bonchev–Trinajstić information content (AvgIpc) is 2.96. The number of nitrogens with zero attached hydrogens (tertiary/aromatic N) is 1. The Morgan fingerprint density at radius 3 is 2.72 bits per heavy atom. The van der Waals surface area contributed by atoms with E-state index >= 15 is 0 Å². The van der Waals surface area contributed by atoms with E-state index in [1.54, 1.807) is 0 Å². The van der Waals surface area contributed by atoms with Crippen molar-refractivity contribution in [3.63, 3.8) is 0 Å². The van der Waals surface area contributed by atoms with Gasteiger partial charge in [-0.3, -0.25) is 9.59 Å². The van der Waals surface area contributed by atoms with E-state index in [9.17, 15) is 23.1 Å². The van der Waals surface area contributed by atoms with Crippen molar-refractivity contribution in [1.29, 1.82) is 0 Å². The van der Waals surface area contributed by atoms with Crippen molar-refractivity contribution < 1.29 is 18.3 Å². The Morgan fingerprint density at radius 1 is 1.31 bits per heavy atom. The van der Waals surface area contributed by atoms with Gasteiger partial charge in [0.05, 0.1) is 21.7 Å². The molecule has 10 heteroatoms. The molecular formula is C19H21N3O5S2. The third-order valence-corrected chi connectivity index (χ3v) is 7.49. The van der Waals surface area contributed by atoms with Crippen molar-refractivity contribution in [1.82, 2.24) is 9.97 Å². The van der Waals surface area contributed by atoms with E-state index in [4.69, 9.17) is 0 Å². The first kappa shape index (κ1) is 21.0. The first-order valence-corrected chi connectivity index (χ1v) is 11.4. The van der Waals surface area contributed by atoms with Crippen LogP contribution in [-0.4, -0.2) is 35.2 Å². The summed E-state index contributed by atoms with van der Waals surface area (Å²) in [6, 6.07) is 3.75. The summed E-state index contributed by atoms with van der Waals surface area (Å²) in [4.78, 5) is 33.4. The number of aromatic hydroxyl groups is 1. The molecule has 1 aromatic carbocycles. The zero-order valence-corrected chi connectivity index (χ0v) is 17.8. The number of nitrogens with one attached hydrogen (secondary N) is 2. The van der Waals surface area contributed by atoms with Crippen molar-refractivity contribution in [3.8, 4) is 5.75 Å². The summed E-state index contributed by atoms with van der Waals surface area (Å²) in [5, 5.41) is 13.0. The van der Waals surface area contributed by atoms with E-state index < -0.39 is 15.7 Å². The van der Waals surface area contributed by atoms with Crippen LogP contribution in [0, 0.1) is 13.8 Å². The summed E-state index contributed by atoms with van der Waals surface area (Å²) in [7, 11) is -3.47. The minimum Gasteiger partial charge on any atom is -0.506 e. The molecule has 0 bridgehead atoms. The van der Waals surface area contributed by atoms with E-state index in [1.807, 2.05) is 13.8 Å². The second kappa shape index (κ2) is 7.96. The number of phenolic OH excluding ortho intramolecular Hbond substituents is 1. The lowest BCUT2D eigenvalue weighted by Crippen LogP contribution is -2.16. The number of amides is 1. The number of benzene rings is 1. The predicted molar refractivity (Wildman–Crippen MR) is 112 cm³/mol. The largest absolute Gasteiger partial charge is 0.506 e.